The van der Waals surface area contributed by atoms with Crippen molar-refractivity contribution in [2.24, 2.45) is 5.41 Å². The summed E-state index contributed by atoms with van der Waals surface area (Å²) >= 11 is 0. The Hall–Kier alpha value is -1.31. The zero-order valence-corrected chi connectivity index (χ0v) is 6.69. The van der Waals surface area contributed by atoms with Crippen molar-refractivity contribution >= 4 is 5.97 Å². The average molecular weight is 162 g/mol. The van der Waals surface area contributed by atoms with E-state index in [0.29, 0.717) is 6.61 Å². The Balaban J connectivity index is 2.36. The summed E-state index contributed by atoms with van der Waals surface area (Å²) in [5.41, 5.74) is -0.469. The first-order chi connectivity index (χ1) is 5.83. The van der Waals surface area contributed by atoms with Gasteiger partial charge < -0.3 is 4.74 Å². The number of esters is 1. The van der Waals surface area contributed by atoms with E-state index in [1.165, 1.54) is 0 Å². The highest BCUT2D eigenvalue weighted by Crippen LogP contribution is 2.34. The predicted molar refractivity (Wildman–Crippen MR) is 45.4 cm³/mol. The van der Waals surface area contributed by atoms with Crippen LogP contribution in [0.25, 0.3) is 0 Å². The molecule has 1 aliphatic carbocycles. The van der Waals surface area contributed by atoms with Gasteiger partial charge in [0.2, 0.25) is 0 Å². The van der Waals surface area contributed by atoms with Crippen LogP contribution in [0.2, 0.25) is 0 Å². The minimum atomic E-state index is -0.469. The molecule has 1 fully saturated rings. The predicted octanol–water partition coefficient (Wildman–Crippen LogP) is 1.60. The van der Waals surface area contributed by atoms with E-state index >= 15 is 0 Å². The SMILES string of the molecule is O=C1OCCC12C=CC=CC=C2. The Kier molecular flexibility index (Phi) is 1.61. The largest absolute Gasteiger partial charge is 0.465 e. The summed E-state index contributed by atoms with van der Waals surface area (Å²) in [6.07, 6.45) is 12.2. The van der Waals surface area contributed by atoms with E-state index < -0.39 is 5.41 Å². The van der Waals surface area contributed by atoms with Crippen molar-refractivity contribution in [1.82, 2.24) is 0 Å². The van der Waals surface area contributed by atoms with Gasteiger partial charge in [0.25, 0.3) is 0 Å². The minimum absolute atomic E-state index is 0.126. The van der Waals surface area contributed by atoms with Gasteiger partial charge in [0.05, 0.1) is 6.61 Å². The monoisotopic (exact) mass is 162 g/mol. The fourth-order valence-corrected chi connectivity index (χ4v) is 1.49. The third kappa shape index (κ3) is 0.998. The van der Waals surface area contributed by atoms with Crippen LogP contribution < -0.4 is 0 Å². The highest BCUT2D eigenvalue weighted by atomic mass is 16.5. The van der Waals surface area contributed by atoms with Crippen LogP contribution in [0.1, 0.15) is 6.42 Å². The molecule has 2 nitrogen and oxygen atoms in total. The fraction of sp³-hybridized carbons (Fsp3) is 0.300. The number of ether oxygens (including phenoxy) is 1. The van der Waals surface area contributed by atoms with Crippen molar-refractivity contribution in [3.05, 3.63) is 36.5 Å². The molecule has 2 rings (SSSR count). The summed E-state index contributed by atoms with van der Waals surface area (Å²) in [7, 11) is 0. The molecule has 0 unspecified atom stereocenters. The summed E-state index contributed by atoms with van der Waals surface area (Å²) in [6, 6.07) is 0. The van der Waals surface area contributed by atoms with Crippen LogP contribution >= 0.6 is 0 Å². The van der Waals surface area contributed by atoms with Gasteiger partial charge in [0.1, 0.15) is 5.41 Å². The van der Waals surface area contributed by atoms with E-state index in [1.54, 1.807) is 0 Å². The molecule has 62 valence electrons. The average Bonchev–Trinajstić information content (AvgIpc) is 2.33. The molecule has 0 atom stereocenters. The molecular formula is C10H10O2. The molecule has 1 aliphatic heterocycles. The van der Waals surface area contributed by atoms with Crippen LogP contribution in [-0.2, 0) is 9.53 Å². The van der Waals surface area contributed by atoms with Gasteiger partial charge in [0.15, 0.2) is 0 Å². The van der Waals surface area contributed by atoms with Gasteiger partial charge in [-0.2, -0.15) is 0 Å². The van der Waals surface area contributed by atoms with E-state index in [2.05, 4.69) is 0 Å². The van der Waals surface area contributed by atoms with Gasteiger partial charge >= 0.3 is 5.97 Å². The summed E-state index contributed by atoms with van der Waals surface area (Å²) in [5, 5.41) is 0. The molecular weight excluding hydrogens is 152 g/mol. The number of rotatable bonds is 0. The number of hydrogen-bond acceptors (Lipinski definition) is 2. The van der Waals surface area contributed by atoms with E-state index in [9.17, 15) is 4.79 Å². The standard InChI is InChI=1S/C10H10O2/c11-9-10(7-8-12-9)5-3-1-2-4-6-10/h1-6H,7-8H2. The van der Waals surface area contributed by atoms with Crippen LogP contribution in [0.15, 0.2) is 36.5 Å². The van der Waals surface area contributed by atoms with E-state index in [4.69, 9.17) is 4.74 Å². The molecule has 12 heavy (non-hydrogen) atoms. The second-order valence-corrected chi connectivity index (χ2v) is 3.03. The highest BCUT2D eigenvalue weighted by molar-refractivity contribution is 5.83. The Morgan fingerprint density at radius 1 is 1.17 bits per heavy atom. The second-order valence-electron chi connectivity index (χ2n) is 3.03. The van der Waals surface area contributed by atoms with Crippen molar-refractivity contribution in [2.75, 3.05) is 6.61 Å². The van der Waals surface area contributed by atoms with Crippen molar-refractivity contribution in [2.45, 2.75) is 6.42 Å². The summed E-state index contributed by atoms with van der Waals surface area (Å²) in [6.45, 7) is 0.535. The Bertz CT molecular complexity index is 268. The first-order valence-corrected chi connectivity index (χ1v) is 4.04. The molecule has 0 N–H and O–H groups in total. The van der Waals surface area contributed by atoms with Crippen LogP contribution in [-0.4, -0.2) is 12.6 Å². The van der Waals surface area contributed by atoms with E-state index in [1.807, 2.05) is 36.5 Å². The van der Waals surface area contributed by atoms with Gasteiger partial charge in [-0.3, -0.25) is 4.79 Å². The van der Waals surface area contributed by atoms with Crippen LogP contribution in [0.5, 0.6) is 0 Å². The van der Waals surface area contributed by atoms with Crippen LogP contribution in [0.3, 0.4) is 0 Å². The molecule has 0 amide bonds. The molecule has 1 heterocycles. The number of allylic oxidation sites excluding steroid dienone is 4. The Morgan fingerprint density at radius 3 is 2.33 bits per heavy atom. The molecule has 0 radical (unpaired) electrons. The first kappa shape index (κ1) is 7.35. The zero-order valence-electron chi connectivity index (χ0n) is 6.69. The molecule has 0 aromatic carbocycles. The lowest BCUT2D eigenvalue weighted by Crippen LogP contribution is -2.20. The van der Waals surface area contributed by atoms with E-state index in [0.717, 1.165) is 6.42 Å². The van der Waals surface area contributed by atoms with Crippen molar-refractivity contribution in [3.8, 4) is 0 Å². The third-order valence-corrected chi connectivity index (χ3v) is 2.25. The molecule has 0 bridgehead atoms. The molecule has 0 aromatic heterocycles. The van der Waals surface area contributed by atoms with Crippen molar-refractivity contribution < 1.29 is 9.53 Å². The van der Waals surface area contributed by atoms with E-state index in [-0.39, 0.29) is 5.97 Å². The molecule has 2 aliphatic rings. The van der Waals surface area contributed by atoms with Crippen molar-refractivity contribution in [1.29, 1.82) is 0 Å². The van der Waals surface area contributed by atoms with Gasteiger partial charge in [-0.05, 0) is 0 Å². The summed E-state index contributed by atoms with van der Waals surface area (Å²) < 4.78 is 4.93. The van der Waals surface area contributed by atoms with Gasteiger partial charge in [-0.1, -0.05) is 36.5 Å². The number of carbonyl (C=O) groups is 1. The van der Waals surface area contributed by atoms with Crippen LogP contribution in [0.4, 0.5) is 0 Å². The molecule has 0 aromatic rings. The first-order valence-electron chi connectivity index (χ1n) is 4.04. The third-order valence-electron chi connectivity index (χ3n) is 2.25. The quantitative estimate of drug-likeness (QED) is 0.506. The molecule has 1 saturated heterocycles. The number of hydrogen-bond donors (Lipinski definition) is 0. The maximum Gasteiger partial charge on any atom is 0.319 e. The maximum atomic E-state index is 11.4. The van der Waals surface area contributed by atoms with Crippen molar-refractivity contribution in [3.63, 3.8) is 0 Å². The molecule has 2 heteroatoms. The Morgan fingerprint density at radius 2 is 1.83 bits per heavy atom. The maximum absolute atomic E-state index is 11.4. The lowest BCUT2D eigenvalue weighted by atomic mass is 9.86. The number of carbonyl (C=O) groups excluding carboxylic acids is 1. The fourth-order valence-electron chi connectivity index (χ4n) is 1.49. The number of cyclic esters (lactones) is 1. The summed E-state index contributed by atoms with van der Waals surface area (Å²) in [5.74, 6) is -0.126. The smallest absolute Gasteiger partial charge is 0.319 e. The minimum Gasteiger partial charge on any atom is -0.465 e. The molecule has 1 spiro atoms. The molecule has 0 saturated carbocycles. The second kappa shape index (κ2) is 2.63. The summed E-state index contributed by atoms with van der Waals surface area (Å²) in [4.78, 5) is 11.4. The van der Waals surface area contributed by atoms with Gasteiger partial charge in [-0.25, -0.2) is 0 Å². The normalized spacial score (nSPS) is 24.5. The lowest BCUT2D eigenvalue weighted by Gasteiger charge is -2.13. The Labute approximate surface area is 71.2 Å². The topological polar surface area (TPSA) is 26.3 Å². The van der Waals surface area contributed by atoms with Gasteiger partial charge in [-0.15, -0.1) is 0 Å². The lowest BCUT2D eigenvalue weighted by molar-refractivity contribution is -0.142. The zero-order chi connectivity index (χ0) is 8.44. The highest BCUT2D eigenvalue weighted by Gasteiger charge is 2.39. The van der Waals surface area contributed by atoms with Gasteiger partial charge in [0, 0.05) is 6.42 Å². The van der Waals surface area contributed by atoms with Crippen LogP contribution in [0, 0.1) is 5.41 Å².